The van der Waals surface area contributed by atoms with Crippen molar-refractivity contribution in [1.29, 1.82) is 0 Å². The summed E-state index contributed by atoms with van der Waals surface area (Å²) in [5.41, 5.74) is 0. The molecule has 0 aromatic heterocycles. The number of benzene rings is 2. The van der Waals surface area contributed by atoms with E-state index in [-0.39, 0.29) is 5.75 Å². The van der Waals surface area contributed by atoms with E-state index < -0.39 is 0 Å². The van der Waals surface area contributed by atoms with Crippen LogP contribution in [0.5, 0.6) is 11.5 Å². The van der Waals surface area contributed by atoms with Crippen LogP contribution in [0.2, 0.25) is 0 Å². The Balaban J connectivity index is 2.57. The van der Waals surface area contributed by atoms with Crippen molar-refractivity contribution in [3.63, 3.8) is 0 Å². The Labute approximate surface area is 88.4 Å². The summed E-state index contributed by atoms with van der Waals surface area (Å²) in [4.78, 5) is 0. The second-order valence-electron chi connectivity index (χ2n) is 3.23. The Morgan fingerprint density at radius 2 is 2.00 bits per heavy atom. The largest absolute Gasteiger partial charge is 0.504 e. The summed E-state index contributed by atoms with van der Waals surface area (Å²) in [6.07, 6.45) is 1.65. The predicted octanol–water partition coefficient (Wildman–Crippen LogP) is 3.11. The van der Waals surface area contributed by atoms with Crippen LogP contribution in [0.25, 0.3) is 10.8 Å². The molecule has 2 rings (SSSR count). The molecule has 2 nitrogen and oxygen atoms in total. The van der Waals surface area contributed by atoms with Crippen molar-refractivity contribution in [3.05, 3.63) is 49.1 Å². The number of phenolic OH excluding ortho intramolecular Hbond substituents is 1. The van der Waals surface area contributed by atoms with Crippen molar-refractivity contribution in [2.75, 3.05) is 6.61 Å². The molecule has 1 N–H and O–H groups in total. The number of rotatable bonds is 3. The summed E-state index contributed by atoms with van der Waals surface area (Å²) in [6.45, 7) is 3.97. The van der Waals surface area contributed by atoms with Crippen molar-refractivity contribution >= 4 is 10.8 Å². The highest BCUT2D eigenvalue weighted by Gasteiger charge is 2.06. The topological polar surface area (TPSA) is 29.5 Å². The molecular weight excluding hydrogens is 188 g/mol. The summed E-state index contributed by atoms with van der Waals surface area (Å²) in [7, 11) is 0. The summed E-state index contributed by atoms with van der Waals surface area (Å²) in [5.74, 6) is 0.684. The third-order valence-electron chi connectivity index (χ3n) is 2.20. The highest BCUT2D eigenvalue weighted by Crippen LogP contribution is 2.34. The fourth-order valence-corrected chi connectivity index (χ4v) is 1.53. The molecule has 0 atom stereocenters. The third-order valence-corrected chi connectivity index (χ3v) is 2.20. The van der Waals surface area contributed by atoms with E-state index in [0.717, 1.165) is 10.8 Å². The fourth-order valence-electron chi connectivity index (χ4n) is 1.53. The van der Waals surface area contributed by atoms with Crippen molar-refractivity contribution in [2.24, 2.45) is 0 Å². The minimum Gasteiger partial charge on any atom is -0.504 e. The molecule has 0 bridgehead atoms. The molecule has 0 fully saturated rings. The lowest BCUT2D eigenvalue weighted by Crippen LogP contribution is -1.93. The van der Waals surface area contributed by atoms with E-state index >= 15 is 0 Å². The van der Waals surface area contributed by atoms with Crippen LogP contribution in [-0.4, -0.2) is 11.7 Å². The van der Waals surface area contributed by atoms with Crippen molar-refractivity contribution in [2.45, 2.75) is 0 Å². The Hall–Kier alpha value is -1.96. The molecule has 0 aliphatic rings. The molecule has 0 heterocycles. The van der Waals surface area contributed by atoms with Gasteiger partial charge in [0.2, 0.25) is 0 Å². The number of hydrogen-bond acceptors (Lipinski definition) is 2. The summed E-state index contributed by atoms with van der Waals surface area (Å²) < 4.78 is 5.43. The van der Waals surface area contributed by atoms with Gasteiger partial charge in [-0.05, 0) is 11.5 Å². The Kier molecular flexibility index (Phi) is 2.59. The van der Waals surface area contributed by atoms with E-state index in [2.05, 4.69) is 6.58 Å². The molecule has 15 heavy (non-hydrogen) atoms. The first-order valence-electron chi connectivity index (χ1n) is 4.77. The van der Waals surface area contributed by atoms with E-state index in [9.17, 15) is 5.11 Å². The average molecular weight is 200 g/mol. The Morgan fingerprint density at radius 1 is 1.20 bits per heavy atom. The SMILES string of the molecule is C=CCOc1c(O)ccc2ccccc12. The van der Waals surface area contributed by atoms with Gasteiger partial charge in [-0.1, -0.05) is 43.0 Å². The molecule has 0 saturated carbocycles. The molecule has 2 heteroatoms. The zero-order valence-electron chi connectivity index (χ0n) is 8.31. The van der Waals surface area contributed by atoms with Gasteiger partial charge in [-0.15, -0.1) is 0 Å². The number of hydrogen-bond donors (Lipinski definition) is 1. The van der Waals surface area contributed by atoms with Gasteiger partial charge in [0.25, 0.3) is 0 Å². The van der Waals surface area contributed by atoms with E-state index in [0.29, 0.717) is 12.4 Å². The summed E-state index contributed by atoms with van der Waals surface area (Å²) in [6, 6.07) is 11.3. The maximum Gasteiger partial charge on any atom is 0.169 e. The smallest absolute Gasteiger partial charge is 0.169 e. The van der Waals surface area contributed by atoms with Crippen molar-refractivity contribution < 1.29 is 9.84 Å². The average Bonchev–Trinajstić information content (AvgIpc) is 2.28. The minimum absolute atomic E-state index is 0.163. The zero-order chi connectivity index (χ0) is 10.7. The molecule has 76 valence electrons. The number of aromatic hydroxyl groups is 1. The first kappa shape index (κ1) is 9.59. The maximum absolute atomic E-state index is 9.68. The molecule has 2 aromatic carbocycles. The monoisotopic (exact) mass is 200 g/mol. The van der Waals surface area contributed by atoms with E-state index in [1.165, 1.54) is 0 Å². The van der Waals surface area contributed by atoms with Crippen LogP contribution in [0.3, 0.4) is 0 Å². The van der Waals surface area contributed by atoms with Crippen LogP contribution in [0.1, 0.15) is 0 Å². The normalized spacial score (nSPS) is 10.1. The molecule has 0 radical (unpaired) electrons. The minimum atomic E-state index is 0.163. The highest BCUT2D eigenvalue weighted by molar-refractivity contribution is 5.90. The molecule has 0 unspecified atom stereocenters. The second-order valence-corrected chi connectivity index (χ2v) is 3.23. The third kappa shape index (κ3) is 1.79. The fraction of sp³-hybridized carbons (Fsp3) is 0.0769. The van der Waals surface area contributed by atoms with E-state index in [1.807, 2.05) is 30.3 Å². The maximum atomic E-state index is 9.68. The molecule has 0 aliphatic heterocycles. The standard InChI is InChI=1S/C13H12O2/c1-2-9-15-13-11-6-4-3-5-10(11)7-8-12(13)14/h2-8,14H,1,9H2. The van der Waals surface area contributed by atoms with Gasteiger partial charge in [-0.25, -0.2) is 0 Å². The summed E-state index contributed by atoms with van der Waals surface area (Å²) >= 11 is 0. The van der Waals surface area contributed by atoms with Gasteiger partial charge in [-0.3, -0.25) is 0 Å². The first-order valence-corrected chi connectivity index (χ1v) is 4.77. The Bertz CT molecular complexity index is 489. The molecule has 0 amide bonds. The van der Waals surface area contributed by atoms with Crippen LogP contribution >= 0.6 is 0 Å². The molecule has 2 aromatic rings. The van der Waals surface area contributed by atoms with Crippen molar-refractivity contribution in [3.8, 4) is 11.5 Å². The number of ether oxygens (including phenoxy) is 1. The van der Waals surface area contributed by atoms with Gasteiger partial charge in [0.1, 0.15) is 6.61 Å². The lowest BCUT2D eigenvalue weighted by molar-refractivity contribution is 0.341. The molecule has 0 spiro atoms. The number of phenols is 1. The van der Waals surface area contributed by atoms with Gasteiger partial charge in [0, 0.05) is 5.39 Å². The van der Waals surface area contributed by atoms with Crippen LogP contribution in [0.15, 0.2) is 49.1 Å². The van der Waals surface area contributed by atoms with Crippen LogP contribution in [0, 0.1) is 0 Å². The van der Waals surface area contributed by atoms with Gasteiger partial charge in [-0.2, -0.15) is 0 Å². The Morgan fingerprint density at radius 3 is 2.80 bits per heavy atom. The summed E-state index contributed by atoms with van der Waals surface area (Å²) in [5, 5.41) is 11.6. The number of fused-ring (bicyclic) bond motifs is 1. The second kappa shape index (κ2) is 4.05. The predicted molar refractivity (Wildman–Crippen MR) is 61.3 cm³/mol. The van der Waals surface area contributed by atoms with Gasteiger partial charge >= 0.3 is 0 Å². The van der Waals surface area contributed by atoms with Gasteiger partial charge in [0.05, 0.1) is 0 Å². The van der Waals surface area contributed by atoms with Gasteiger partial charge in [0.15, 0.2) is 11.5 Å². The zero-order valence-corrected chi connectivity index (χ0v) is 8.31. The molecular formula is C13H12O2. The lowest BCUT2D eigenvalue weighted by atomic mass is 10.1. The van der Waals surface area contributed by atoms with Crippen molar-refractivity contribution in [1.82, 2.24) is 0 Å². The molecule has 0 saturated heterocycles. The lowest BCUT2D eigenvalue weighted by Gasteiger charge is -2.09. The van der Waals surface area contributed by atoms with Crippen LogP contribution in [0.4, 0.5) is 0 Å². The van der Waals surface area contributed by atoms with E-state index in [1.54, 1.807) is 12.1 Å². The first-order chi connectivity index (χ1) is 7.33. The van der Waals surface area contributed by atoms with Crippen LogP contribution in [-0.2, 0) is 0 Å². The van der Waals surface area contributed by atoms with E-state index in [4.69, 9.17) is 4.74 Å². The van der Waals surface area contributed by atoms with Crippen LogP contribution < -0.4 is 4.74 Å². The highest BCUT2D eigenvalue weighted by atomic mass is 16.5. The molecule has 0 aliphatic carbocycles. The quantitative estimate of drug-likeness (QED) is 0.771. The van der Waals surface area contributed by atoms with Gasteiger partial charge < -0.3 is 9.84 Å².